The zero-order valence-electron chi connectivity index (χ0n) is 15.5. The van der Waals surface area contributed by atoms with Gasteiger partial charge in [0.1, 0.15) is 5.82 Å². The Morgan fingerprint density at radius 2 is 2.04 bits per heavy atom. The third-order valence-electron chi connectivity index (χ3n) is 4.28. The average Bonchev–Trinajstić information content (AvgIpc) is 2.55. The molecular formula is C21H31N3. The highest BCUT2D eigenvalue weighted by Crippen LogP contribution is 2.30. The molecule has 3 nitrogen and oxygen atoms in total. The minimum atomic E-state index is -0.00275. The summed E-state index contributed by atoms with van der Waals surface area (Å²) in [6.45, 7) is 14.6. The van der Waals surface area contributed by atoms with Crippen molar-refractivity contribution in [2.45, 2.75) is 40.2 Å². The smallest absolute Gasteiger partial charge is 0.114 e. The topological polar surface area (TPSA) is 41.3 Å². The molecule has 1 aliphatic heterocycles. The van der Waals surface area contributed by atoms with Crippen molar-refractivity contribution in [3.63, 3.8) is 0 Å². The van der Waals surface area contributed by atoms with Gasteiger partial charge in [0.25, 0.3) is 0 Å². The Kier molecular flexibility index (Phi) is 5.89. The number of allylic oxidation sites excluding steroid dienone is 2. The fourth-order valence-electron chi connectivity index (χ4n) is 2.87. The fourth-order valence-corrected chi connectivity index (χ4v) is 2.87. The number of benzene rings is 1. The van der Waals surface area contributed by atoms with Crippen molar-refractivity contribution in [3.8, 4) is 0 Å². The van der Waals surface area contributed by atoms with Crippen molar-refractivity contribution in [2.24, 2.45) is 11.1 Å². The lowest BCUT2D eigenvalue weighted by Gasteiger charge is -2.31. The summed E-state index contributed by atoms with van der Waals surface area (Å²) in [5.74, 6) is 1.12. The molecule has 3 heteroatoms. The van der Waals surface area contributed by atoms with E-state index in [1.807, 2.05) is 19.2 Å². The first kappa shape index (κ1) is 18.3. The molecule has 0 amide bonds. The summed E-state index contributed by atoms with van der Waals surface area (Å²) in [7, 11) is 0. The molecule has 130 valence electrons. The number of nitrogens with two attached hydrogens (primary N) is 1. The normalized spacial score (nSPS) is 15.9. The SMILES string of the molecule is C=CN(CCC(C)(C)C)C1=C(c2ccccc2C(C)N)C=CCN1. The van der Waals surface area contributed by atoms with Gasteiger partial charge in [0.05, 0.1) is 0 Å². The Bertz CT molecular complexity index is 633. The molecule has 0 spiro atoms. The number of dihydropyridines is 1. The number of rotatable bonds is 6. The lowest BCUT2D eigenvalue weighted by Crippen LogP contribution is -2.33. The van der Waals surface area contributed by atoms with E-state index in [1.54, 1.807) is 0 Å². The second-order valence-electron chi connectivity index (χ2n) is 7.61. The van der Waals surface area contributed by atoms with Crippen LogP contribution < -0.4 is 11.1 Å². The molecule has 1 unspecified atom stereocenters. The molecule has 2 rings (SSSR count). The quantitative estimate of drug-likeness (QED) is 0.813. The van der Waals surface area contributed by atoms with Crippen LogP contribution >= 0.6 is 0 Å². The van der Waals surface area contributed by atoms with Crippen molar-refractivity contribution in [1.82, 2.24) is 10.2 Å². The summed E-state index contributed by atoms with van der Waals surface area (Å²) in [6.07, 6.45) is 7.36. The van der Waals surface area contributed by atoms with Gasteiger partial charge in [0, 0.05) is 24.7 Å². The number of nitrogens with zero attached hydrogens (tertiary/aromatic N) is 1. The molecular weight excluding hydrogens is 294 g/mol. The number of nitrogens with one attached hydrogen (secondary N) is 1. The minimum Gasteiger partial charge on any atom is -0.367 e. The molecule has 1 aromatic carbocycles. The van der Waals surface area contributed by atoms with Crippen LogP contribution in [-0.2, 0) is 0 Å². The second kappa shape index (κ2) is 7.71. The lowest BCUT2D eigenvalue weighted by molar-refractivity contribution is 0.311. The molecule has 0 bridgehead atoms. The van der Waals surface area contributed by atoms with Crippen molar-refractivity contribution < 1.29 is 0 Å². The van der Waals surface area contributed by atoms with Gasteiger partial charge < -0.3 is 16.0 Å². The molecule has 1 heterocycles. The molecule has 0 fully saturated rings. The Hall–Kier alpha value is -2.00. The molecule has 0 saturated heterocycles. The number of hydrogen-bond donors (Lipinski definition) is 2. The fraction of sp³-hybridized carbons (Fsp3) is 0.429. The first-order chi connectivity index (χ1) is 11.3. The van der Waals surface area contributed by atoms with E-state index in [0.717, 1.165) is 30.9 Å². The summed E-state index contributed by atoms with van der Waals surface area (Å²) in [4.78, 5) is 2.22. The van der Waals surface area contributed by atoms with Gasteiger partial charge in [0.15, 0.2) is 0 Å². The van der Waals surface area contributed by atoms with Crippen LogP contribution in [0.2, 0.25) is 0 Å². The minimum absolute atomic E-state index is 0.00275. The predicted molar refractivity (Wildman–Crippen MR) is 104 cm³/mol. The Balaban J connectivity index is 2.44. The first-order valence-electron chi connectivity index (χ1n) is 8.72. The summed E-state index contributed by atoms with van der Waals surface area (Å²) in [5, 5.41) is 3.53. The second-order valence-corrected chi connectivity index (χ2v) is 7.61. The molecule has 0 aromatic heterocycles. The van der Waals surface area contributed by atoms with Gasteiger partial charge in [-0.2, -0.15) is 0 Å². The standard InChI is InChI=1S/C21H31N3/c1-6-24(15-13-21(3,4)5)20-19(12-9-14-23-20)18-11-8-7-10-17(18)16(2)22/h6-12,16,23H,1,13-15,22H2,2-5H3. The van der Waals surface area contributed by atoms with Gasteiger partial charge in [-0.15, -0.1) is 0 Å². The summed E-state index contributed by atoms with van der Waals surface area (Å²) in [5.41, 5.74) is 10.0. The molecule has 1 aromatic rings. The summed E-state index contributed by atoms with van der Waals surface area (Å²) < 4.78 is 0. The molecule has 1 aliphatic rings. The third kappa shape index (κ3) is 4.51. The van der Waals surface area contributed by atoms with Crippen LogP contribution in [0.1, 0.15) is 51.3 Å². The van der Waals surface area contributed by atoms with Crippen LogP contribution in [0.15, 0.2) is 55.0 Å². The van der Waals surface area contributed by atoms with E-state index < -0.39 is 0 Å². The molecule has 3 N–H and O–H groups in total. The van der Waals surface area contributed by atoms with E-state index in [4.69, 9.17) is 5.73 Å². The zero-order valence-corrected chi connectivity index (χ0v) is 15.5. The highest BCUT2D eigenvalue weighted by molar-refractivity contribution is 5.79. The van der Waals surface area contributed by atoms with Crippen molar-refractivity contribution >= 4 is 5.57 Å². The largest absolute Gasteiger partial charge is 0.367 e. The van der Waals surface area contributed by atoms with Crippen molar-refractivity contribution in [1.29, 1.82) is 0 Å². The molecule has 0 aliphatic carbocycles. The molecule has 0 saturated carbocycles. The maximum Gasteiger partial charge on any atom is 0.114 e. The van der Waals surface area contributed by atoms with E-state index in [9.17, 15) is 0 Å². The van der Waals surface area contributed by atoms with E-state index in [2.05, 4.69) is 67.9 Å². The average molecular weight is 326 g/mol. The molecule has 24 heavy (non-hydrogen) atoms. The first-order valence-corrected chi connectivity index (χ1v) is 8.72. The van der Waals surface area contributed by atoms with Crippen LogP contribution in [-0.4, -0.2) is 18.0 Å². The van der Waals surface area contributed by atoms with Crippen LogP contribution in [0.5, 0.6) is 0 Å². The summed E-state index contributed by atoms with van der Waals surface area (Å²) in [6, 6.07) is 8.38. The highest BCUT2D eigenvalue weighted by atomic mass is 15.2. The Morgan fingerprint density at radius 1 is 1.33 bits per heavy atom. The zero-order chi connectivity index (χ0) is 17.7. The summed E-state index contributed by atoms with van der Waals surface area (Å²) >= 11 is 0. The van der Waals surface area contributed by atoms with Crippen LogP contribution in [0.4, 0.5) is 0 Å². The Morgan fingerprint density at radius 3 is 2.67 bits per heavy atom. The van der Waals surface area contributed by atoms with Gasteiger partial charge >= 0.3 is 0 Å². The van der Waals surface area contributed by atoms with Gasteiger partial charge in [-0.1, -0.05) is 63.8 Å². The van der Waals surface area contributed by atoms with E-state index in [0.29, 0.717) is 0 Å². The molecule has 1 atom stereocenters. The van der Waals surface area contributed by atoms with Gasteiger partial charge in [0.2, 0.25) is 0 Å². The van der Waals surface area contributed by atoms with Crippen molar-refractivity contribution in [3.05, 3.63) is 66.1 Å². The maximum absolute atomic E-state index is 6.19. The van der Waals surface area contributed by atoms with Gasteiger partial charge in [-0.25, -0.2) is 0 Å². The molecule has 0 radical (unpaired) electrons. The van der Waals surface area contributed by atoms with Crippen LogP contribution in [0.3, 0.4) is 0 Å². The lowest BCUT2D eigenvalue weighted by atomic mass is 9.91. The number of hydrogen-bond acceptors (Lipinski definition) is 3. The Labute approximate surface area is 146 Å². The van der Waals surface area contributed by atoms with E-state index in [1.165, 1.54) is 11.1 Å². The van der Waals surface area contributed by atoms with Gasteiger partial charge in [-0.05, 0) is 36.1 Å². The van der Waals surface area contributed by atoms with E-state index in [-0.39, 0.29) is 11.5 Å². The monoisotopic (exact) mass is 325 g/mol. The highest BCUT2D eigenvalue weighted by Gasteiger charge is 2.20. The van der Waals surface area contributed by atoms with Crippen LogP contribution in [0.25, 0.3) is 5.57 Å². The van der Waals surface area contributed by atoms with Gasteiger partial charge in [-0.3, -0.25) is 0 Å². The van der Waals surface area contributed by atoms with Crippen molar-refractivity contribution in [2.75, 3.05) is 13.1 Å². The van der Waals surface area contributed by atoms with Crippen LogP contribution in [0, 0.1) is 5.41 Å². The third-order valence-corrected chi connectivity index (χ3v) is 4.28. The predicted octanol–water partition coefficient (Wildman–Crippen LogP) is 4.42. The maximum atomic E-state index is 6.19. The van der Waals surface area contributed by atoms with E-state index >= 15 is 0 Å².